The first-order valence-electron chi connectivity index (χ1n) is 6.44. The highest BCUT2D eigenvalue weighted by Crippen LogP contribution is 2.18. The van der Waals surface area contributed by atoms with Crippen LogP contribution in [-0.4, -0.2) is 11.1 Å². The molecule has 0 aliphatic heterocycles. The lowest BCUT2D eigenvalue weighted by molar-refractivity contribution is 0.199. The van der Waals surface area contributed by atoms with Crippen LogP contribution in [0.2, 0.25) is 0 Å². The zero-order valence-electron chi connectivity index (χ0n) is 11.5. The van der Waals surface area contributed by atoms with E-state index in [1.807, 2.05) is 29.8 Å². The summed E-state index contributed by atoms with van der Waals surface area (Å²) in [5, 5.41) is 19.2. The molecule has 0 aliphatic rings. The third-order valence-corrected chi connectivity index (χ3v) is 3.72. The fraction of sp³-hybridized carbons (Fsp3) is 0.267. The van der Waals surface area contributed by atoms with E-state index < -0.39 is 6.10 Å². The van der Waals surface area contributed by atoms with Gasteiger partial charge in [0, 0.05) is 5.69 Å². The number of aliphatic hydroxyl groups excluding tert-OH is 1. The number of carbonyl (C=O) groups is 1. The monoisotopic (exact) mass is 290 g/mol. The molecule has 0 saturated carbocycles. The van der Waals surface area contributed by atoms with Gasteiger partial charge < -0.3 is 15.7 Å². The predicted octanol–water partition coefficient (Wildman–Crippen LogP) is 3.68. The second-order valence-corrected chi connectivity index (χ2v) is 5.46. The van der Waals surface area contributed by atoms with Crippen LogP contribution in [0.5, 0.6) is 0 Å². The fourth-order valence-corrected chi connectivity index (χ4v) is 2.60. The number of anilines is 1. The van der Waals surface area contributed by atoms with Gasteiger partial charge >= 0.3 is 6.03 Å². The number of hydrogen-bond donors (Lipinski definition) is 3. The molecule has 1 aromatic carbocycles. The van der Waals surface area contributed by atoms with Crippen molar-refractivity contribution in [3.05, 3.63) is 52.2 Å². The average molecular weight is 290 g/mol. The molecule has 0 radical (unpaired) electrons. The number of benzene rings is 1. The van der Waals surface area contributed by atoms with Gasteiger partial charge in [-0.05, 0) is 53.9 Å². The van der Waals surface area contributed by atoms with Gasteiger partial charge in [-0.3, -0.25) is 0 Å². The molecular weight excluding hydrogens is 272 g/mol. The Morgan fingerprint density at radius 1 is 1.25 bits per heavy atom. The van der Waals surface area contributed by atoms with Crippen molar-refractivity contribution in [1.82, 2.24) is 5.32 Å². The van der Waals surface area contributed by atoms with Crippen molar-refractivity contribution in [3.8, 4) is 0 Å². The van der Waals surface area contributed by atoms with Crippen LogP contribution >= 0.6 is 11.3 Å². The SMILES string of the molecule is CC(O)c1cccc(NC(=O)NC(C)c2ccsc2)c1. The first-order chi connectivity index (χ1) is 9.56. The van der Waals surface area contributed by atoms with Gasteiger partial charge in [0.1, 0.15) is 0 Å². The summed E-state index contributed by atoms with van der Waals surface area (Å²) in [4.78, 5) is 11.9. The van der Waals surface area contributed by atoms with E-state index in [0.29, 0.717) is 5.69 Å². The maximum atomic E-state index is 11.9. The van der Waals surface area contributed by atoms with Gasteiger partial charge in [0.05, 0.1) is 12.1 Å². The van der Waals surface area contributed by atoms with Gasteiger partial charge in [-0.2, -0.15) is 11.3 Å². The predicted molar refractivity (Wildman–Crippen MR) is 82.0 cm³/mol. The van der Waals surface area contributed by atoms with Gasteiger partial charge in [-0.25, -0.2) is 4.79 Å². The largest absolute Gasteiger partial charge is 0.389 e. The number of aliphatic hydroxyl groups is 1. The average Bonchev–Trinajstić information content (AvgIpc) is 2.92. The Morgan fingerprint density at radius 3 is 2.70 bits per heavy atom. The summed E-state index contributed by atoms with van der Waals surface area (Å²) in [6.07, 6.45) is -0.551. The van der Waals surface area contributed by atoms with Crippen LogP contribution in [0.15, 0.2) is 41.1 Å². The van der Waals surface area contributed by atoms with Crippen molar-refractivity contribution in [2.75, 3.05) is 5.32 Å². The molecule has 2 atom stereocenters. The standard InChI is InChI=1S/C15H18N2O2S/c1-10(13-6-7-20-9-13)16-15(19)17-14-5-3-4-12(8-14)11(2)18/h3-11,18H,1-2H3,(H2,16,17,19). The lowest BCUT2D eigenvalue weighted by Crippen LogP contribution is -2.30. The summed E-state index contributed by atoms with van der Waals surface area (Å²) in [7, 11) is 0. The van der Waals surface area contributed by atoms with E-state index in [-0.39, 0.29) is 12.1 Å². The van der Waals surface area contributed by atoms with Crippen LogP contribution in [0.4, 0.5) is 10.5 Å². The first kappa shape index (κ1) is 14.6. The molecule has 5 heteroatoms. The minimum atomic E-state index is -0.551. The van der Waals surface area contributed by atoms with E-state index in [1.165, 1.54) is 0 Å². The highest BCUT2D eigenvalue weighted by Gasteiger charge is 2.10. The highest BCUT2D eigenvalue weighted by molar-refractivity contribution is 7.07. The van der Waals surface area contributed by atoms with Gasteiger partial charge in [-0.15, -0.1) is 0 Å². The summed E-state index contributed by atoms with van der Waals surface area (Å²) < 4.78 is 0. The van der Waals surface area contributed by atoms with Gasteiger partial charge in [0.25, 0.3) is 0 Å². The van der Waals surface area contributed by atoms with E-state index in [9.17, 15) is 9.90 Å². The maximum Gasteiger partial charge on any atom is 0.319 e. The lowest BCUT2D eigenvalue weighted by atomic mass is 10.1. The first-order valence-corrected chi connectivity index (χ1v) is 7.38. The topological polar surface area (TPSA) is 61.4 Å². The molecule has 2 rings (SSSR count). The van der Waals surface area contributed by atoms with Crippen LogP contribution in [0.1, 0.15) is 37.1 Å². The number of thiophene rings is 1. The third-order valence-electron chi connectivity index (χ3n) is 3.02. The third kappa shape index (κ3) is 3.82. The Bertz CT molecular complexity index is 567. The summed E-state index contributed by atoms with van der Waals surface area (Å²) >= 11 is 1.60. The van der Waals surface area contributed by atoms with Crippen LogP contribution < -0.4 is 10.6 Å². The molecule has 20 heavy (non-hydrogen) atoms. The molecule has 4 nitrogen and oxygen atoms in total. The molecular formula is C15H18N2O2S. The number of urea groups is 1. The second-order valence-electron chi connectivity index (χ2n) is 4.68. The maximum absolute atomic E-state index is 11.9. The van der Waals surface area contributed by atoms with Crippen LogP contribution in [0.3, 0.4) is 0 Å². The molecule has 0 spiro atoms. The lowest BCUT2D eigenvalue weighted by Gasteiger charge is -2.14. The van der Waals surface area contributed by atoms with Crippen molar-refractivity contribution in [1.29, 1.82) is 0 Å². The van der Waals surface area contributed by atoms with Crippen LogP contribution in [0.25, 0.3) is 0 Å². The molecule has 2 unspecified atom stereocenters. The molecule has 2 amide bonds. The molecule has 3 N–H and O–H groups in total. The smallest absolute Gasteiger partial charge is 0.319 e. The van der Waals surface area contributed by atoms with E-state index in [1.54, 1.807) is 36.5 Å². The molecule has 0 aliphatic carbocycles. The number of carbonyl (C=O) groups excluding carboxylic acids is 1. The Kier molecular flexibility index (Phi) is 4.76. The Morgan fingerprint density at radius 2 is 2.05 bits per heavy atom. The molecule has 1 aromatic heterocycles. The molecule has 106 valence electrons. The van der Waals surface area contributed by atoms with E-state index >= 15 is 0 Å². The minimum absolute atomic E-state index is 0.0406. The molecule has 0 bridgehead atoms. The second kappa shape index (κ2) is 6.54. The number of amides is 2. The quantitative estimate of drug-likeness (QED) is 0.804. The Labute approximate surface area is 122 Å². The van der Waals surface area contributed by atoms with Crippen molar-refractivity contribution >= 4 is 23.1 Å². The van der Waals surface area contributed by atoms with Gasteiger partial charge in [0.2, 0.25) is 0 Å². The van der Waals surface area contributed by atoms with Crippen LogP contribution in [0, 0.1) is 0 Å². The highest BCUT2D eigenvalue weighted by atomic mass is 32.1. The minimum Gasteiger partial charge on any atom is -0.389 e. The summed E-state index contributed by atoms with van der Waals surface area (Å²) in [6, 6.07) is 8.87. The zero-order valence-corrected chi connectivity index (χ0v) is 12.3. The van der Waals surface area contributed by atoms with Crippen LogP contribution in [-0.2, 0) is 0 Å². The summed E-state index contributed by atoms with van der Waals surface area (Å²) in [5.74, 6) is 0. The fourth-order valence-electron chi connectivity index (χ4n) is 1.84. The molecule has 2 aromatic rings. The zero-order chi connectivity index (χ0) is 14.5. The number of nitrogens with one attached hydrogen (secondary N) is 2. The Hall–Kier alpha value is -1.85. The van der Waals surface area contributed by atoms with E-state index in [0.717, 1.165) is 11.1 Å². The molecule has 0 saturated heterocycles. The van der Waals surface area contributed by atoms with E-state index in [4.69, 9.17) is 0 Å². The van der Waals surface area contributed by atoms with Crippen molar-refractivity contribution in [2.24, 2.45) is 0 Å². The van der Waals surface area contributed by atoms with Gasteiger partial charge in [-0.1, -0.05) is 12.1 Å². The normalized spacial score (nSPS) is 13.6. The Balaban J connectivity index is 1.96. The van der Waals surface area contributed by atoms with E-state index in [2.05, 4.69) is 10.6 Å². The van der Waals surface area contributed by atoms with Crippen molar-refractivity contribution in [3.63, 3.8) is 0 Å². The molecule has 0 fully saturated rings. The molecule has 1 heterocycles. The number of hydrogen-bond acceptors (Lipinski definition) is 3. The summed E-state index contributed by atoms with van der Waals surface area (Å²) in [6.45, 7) is 3.63. The van der Waals surface area contributed by atoms with Crippen molar-refractivity contribution < 1.29 is 9.90 Å². The summed E-state index contributed by atoms with van der Waals surface area (Å²) in [5.41, 5.74) is 2.52. The van der Waals surface area contributed by atoms with Gasteiger partial charge in [0.15, 0.2) is 0 Å². The van der Waals surface area contributed by atoms with Crippen molar-refractivity contribution in [2.45, 2.75) is 26.0 Å². The number of rotatable bonds is 4.